The van der Waals surface area contributed by atoms with Crippen LogP contribution in [0.1, 0.15) is 62.0 Å². The van der Waals surface area contributed by atoms with E-state index < -0.39 is 24.1 Å². The number of hydrogen-bond donors (Lipinski definition) is 3. The first kappa shape index (κ1) is 23.4. The molecule has 0 aromatic heterocycles. The van der Waals surface area contributed by atoms with E-state index in [1.807, 2.05) is 24.3 Å². The van der Waals surface area contributed by atoms with E-state index in [2.05, 4.69) is 34.9 Å². The van der Waals surface area contributed by atoms with E-state index in [4.69, 9.17) is 4.74 Å². The third kappa shape index (κ3) is 4.90. The Hall–Kier alpha value is -3.35. The molecule has 0 radical (unpaired) electrons. The highest BCUT2D eigenvalue weighted by Crippen LogP contribution is 2.44. The number of carboxylic acid groups (broad SMARTS) is 1. The number of alkyl carbamates (subject to hydrolysis) is 1. The van der Waals surface area contributed by atoms with Crippen LogP contribution in [0, 0.1) is 11.8 Å². The molecule has 0 heterocycles. The van der Waals surface area contributed by atoms with Gasteiger partial charge in [0.05, 0.1) is 6.42 Å². The van der Waals surface area contributed by atoms with Gasteiger partial charge in [-0.25, -0.2) is 4.79 Å². The molecule has 5 rings (SSSR count). The number of ether oxygens (including phenoxy) is 1. The Bertz CT molecular complexity index is 1060. The Morgan fingerprint density at radius 3 is 1.94 bits per heavy atom. The number of benzene rings is 2. The van der Waals surface area contributed by atoms with Crippen molar-refractivity contribution < 1.29 is 24.2 Å². The molecule has 0 aliphatic heterocycles. The van der Waals surface area contributed by atoms with Crippen LogP contribution in [0.15, 0.2) is 48.5 Å². The SMILES string of the molecule is O=C(O)CC(NC(=O)C(NC(=O)OCC1c2ccccc2-c2ccccc21)C1CCC1)C1CCC1. The maximum Gasteiger partial charge on any atom is 0.407 e. The third-order valence-electron chi connectivity index (χ3n) is 7.96. The molecular formula is C28H32N2O5. The van der Waals surface area contributed by atoms with Crippen LogP contribution in [0.5, 0.6) is 0 Å². The van der Waals surface area contributed by atoms with E-state index >= 15 is 0 Å². The summed E-state index contributed by atoms with van der Waals surface area (Å²) < 4.78 is 5.66. The number of aliphatic carboxylic acids is 1. The number of carbonyl (C=O) groups is 3. The molecule has 3 N–H and O–H groups in total. The van der Waals surface area contributed by atoms with Crippen molar-refractivity contribution in [3.8, 4) is 11.1 Å². The lowest BCUT2D eigenvalue weighted by Gasteiger charge is -2.37. The Kier molecular flexibility index (Phi) is 6.75. The Balaban J connectivity index is 1.23. The monoisotopic (exact) mass is 476 g/mol. The van der Waals surface area contributed by atoms with Crippen LogP contribution in [0.25, 0.3) is 11.1 Å². The molecule has 2 atom stereocenters. The van der Waals surface area contributed by atoms with E-state index in [9.17, 15) is 19.5 Å². The standard InChI is InChI=1S/C28H32N2O5/c31-25(32)15-24(17-7-5-8-17)29-27(33)26(18-9-6-10-18)30-28(34)35-16-23-21-13-3-1-11-19(21)20-12-2-4-14-22(20)23/h1-4,11-14,17-18,23-24,26H,5-10,15-16H2,(H,29,33)(H,30,34)(H,31,32). The van der Waals surface area contributed by atoms with Gasteiger partial charge in [-0.1, -0.05) is 61.4 Å². The molecule has 3 aliphatic rings. The molecule has 7 heteroatoms. The van der Waals surface area contributed by atoms with Crippen LogP contribution in [0.3, 0.4) is 0 Å². The molecule has 0 bridgehead atoms. The summed E-state index contributed by atoms with van der Waals surface area (Å²) in [5.41, 5.74) is 4.58. The summed E-state index contributed by atoms with van der Waals surface area (Å²) in [5.74, 6) is -1.05. The average molecular weight is 477 g/mol. The largest absolute Gasteiger partial charge is 0.481 e. The predicted octanol–water partition coefficient (Wildman–Crippen LogP) is 4.45. The van der Waals surface area contributed by atoms with Crippen molar-refractivity contribution in [2.45, 2.75) is 62.9 Å². The van der Waals surface area contributed by atoms with Gasteiger partial charge in [-0.05, 0) is 59.8 Å². The molecule has 0 saturated heterocycles. The summed E-state index contributed by atoms with van der Waals surface area (Å²) >= 11 is 0. The first-order valence-corrected chi connectivity index (χ1v) is 12.6. The number of amides is 2. The first-order chi connectivity index (χ1) is 17.0. The normalized spacial score (nSPS) is 18.9. The maximum absolute atomic E-state index is 13.2. The molecule has 7 nitrogen and oxygen atoms in total. The fraction of sp³-hybridized carbons (Fsp3) is 0.464. The van der Waals surface area contributed by atoms with Gasteiger partial charge in [0.15, 0.2) is 0 Å². The van der Waals surface area contributed by atoms with E-state index in [1.54, 1.807) is 0 Å². The minimum atomic E-state index is -0.924. The highest BCUT2D eigenvalue weighted by atomic mass is 16.5. The molecule has 2 aromatic rings. The molecule has 2 saturated carbocycles. The molecule has 2 aromatic carbocycles. The summed E-state index contributed by atoms with van der Waals surface area (Å²) in [5, 5.41) is 15.0. The van der Waals surface area contributed by atoms with Crippen molar-refractivity contribution in [2.75, 3.05) is 6.61 Å². The van der Waals surface area contributed by atoms with E-state index in [0.29, 0.717) is 0 Å². The van der Waals surface area contributed by atoms with Gasteiger partial charge < -0.3 is 20.5 Å². The van der Waals surface area contributed by atoms with Crippen molar-refractivity contribution in [3.63, 3.8) is 0 Å². The van der Waals surface area contributed by atoms with Gasteiger partial charge in [0.1, 0.15) is 12.6 Å². The molecule has 184 valence electrons. The molecule has 2 fully saturated rings. The Morgan fingerprint density at radius 1 is 0.857 bits per heavy atom. The second-order valence-corrected chi connectivity index (χ2v) is 10.0. The zero-order valence-corrected chi connectivity index (χ0v) is 19.7. The number of hydrogen-bond acceptors (Lipinski definition) is 4. The predicted molar refractivity (Wildman–Crippen MR) is 131 cm³/mol. The van der Waals surface area contributed by atoms with Crippen LogP contribution < -0.4 is 10.6 Å². The quantitative estimate of drug-likeness (QED) is 0.496. The zero-order chi connectivity index (χ0) is 24.4. The van der Waals surface area contributed by atoms with Crippen molar-refractivity contribution in [1.29, 1.82) is 0 Å². The molecule has 0 spiro atoms. The summed E-state index contributed by atoms with van der Waals surface area (Å²) in [7, 11) is 0. The second-order valence-electron chi connectivity index (χ2n) is 10.0. The van der Waals surface area contributed by atoms with Gasteiger partial charge in [0.2, 0.25) is 5.91 Å². The summed E-state index contributed by atoms with van der Waals surface area (Å²) in [6.45, 7) is 0.183. The minimum absolute atomic E-state index is 0.0438. The van der Waals surface area contributed by atoms with Crippen molar-refractivity contribution in [2.24, 2.45) is 11.8 Å². The van der Waals surface area contributed by atoms with Crippen molar-refractivity contribution in [3.05, 3.63) is 59.7 Å². The highest BCUT2D eigenvalue weighted by molar-refractivity contribution is 5.87. The third-order valence-corrected chi connectivity index (χ3v) is 7.96. The van der Waals surface area contributed by atoms with Gasteiger partial charge in [0, 0.05) is 12.0 Å². The van der Waals surface area contributed by atoms with Gasteiger partial charge in [-0.15, -0.1) is 0 Å². The fourth-order valence-electron chi connectivity index (χ4n) is 5.58. The summed E-state index contributed by atoms with van der Waals surface area (Å²) in [4.78, 5) is 37.3. The Labute approximate surface area is 205 Å². The second kappa shape index (κ2) is 10.1. The average Bonchev–Trinajstić information content (AvgIpc) is 3.08. The lowest BCUT2D eigenvalue weighted by Crippen LogP contribution is -2.56. The van der Waals surface area contributed by atoms with Crippen LogP contribution in [0.2, 0.25) is 0 Å². The van der Waals surface area contributed by atoms with Crippen molar-refractivity contribution in [1.82, 2.24) is 10.6 Å². The minimum Gasteiger partial charge on any atom is -0.481 e. The topological polar surface area (TPSA) is 105 Å². The van der Waals surface area contributed by atoms with Crippen molar-refractivity contribution >= 4 is 18.0 Å². The summed E-state index contributed by atoms with van der Waals surface area (Å²) in [6.07, 6.45) is 4.92. The molecule has 2 amide bonds. The molecule has 2 unspecified atom stereocenters. The number of fused-ring (bicyclic) bond motifs is 3. The smallest absolute Gasteiger partial charge is 0.407 e. The summed E-state index contributed by atoms with van der Waals surface area (Å²) in [6, 6.07) is 15.2. The van der Waals surface area contributed by atoms with E-state index in [1.165, 1.54) is 0 Å². The molecule has 35 heavy (non-hydrogen) atoms. The lowest BCUT2D eigenvalue weighted by molar-refractivity contribution is -0.138. The number of nitrogens with one attached hydrogen (secondary N) is 2. The fourth-order valence-corrected chi connectivity index (χ4v) is 5.58. The number of carbonyl (C=O) groups excluding carboxylic acids is 2. The van der Waals surface area contributed by atoms with Crippen LogP contribution >= 0.6 is 0 Å². The zero-order valence-electron chi connectivity index (χ0n) is 19.7. The lowest BCUT2D eigenvalue weighted by atomic mass is 9.77. The van der Waals surface area contributed by atoms with Crippen LogP contribution in [-0.4, -0.2) is 41.8 Å². The number of rotatable bonds is 9. The maximum atomic E-state index is 13.2. The van der Waals surface area contributed by atoms with E-state index in [-0.39, 0.29) is 36.7 Å². The molecule has 3 aliphatic carbocycles. The number of carboxylic acids is 1. The van der Waals surface area contributed by atoms with Gasteiger partial charge in [0.25, 0.3) is 0 Å². The van der Waals surface area contributed by atoms with Gasteiger partial charge >= 0.3 is 12.1 Å². The highest BCUT2D eigenvalue weighted by Gasteiger charge is 2.38. The Morgan fingerprint density at radius 2 is 1.43 bits per heavy atom. The molecular weight excluding hydrogens is 444 g/mol. The first-order valence-electron chi connectivity index (χ1n) is 12.6. The van der Waals surface area contributed by atoms with Crippen LogP contribution in [0.4, 0.5) is 4.79 Å². The van der Waals surface area contributed by atoms with E-state index in [0.717, 1.165) is 60.8 Å². The van der Waals surface area contributed by atoms with Gasteiger partial charge in [-0.2, -0.15) is 0 Å². The van der Waals surface area contributed by atoms with Crippen LogP contribution in [-0.2, 0) is 14.3 Å². The van der Waals surface area contributed by atoms with Gasteiger partial charge in [-0.3, -0.25) is 9.59 Å².